The summed E-state index contributed by atoms with van der Waals surface area (Å²) in [5.41, 5.74) is 0. The first-order chi connectivity index (χ1) is 5.11. The zero-order chi connectivity index (χ0) is 8.43. The molecule has 0 saturated carbocycles. The van der Waals surface area contributed by atoms with Crippen LogP contribution in [0.1, 0.15) is 0 Å². The highest BCUT2D eigenvalue weighted by Crippen LogP contribution is 2.15. The van der Waals surface area contributed by atoms with Crippen molar-refractivity contribution in [2.45, 2.75) is 0 Å². The highest BCUT2D eigenvalue weighted by atomic mass is 35.5. The van der Waals surface area contributed by atoms with E-state index in [1.54, 1.807) is 7.05 Å². The van der Waals surface area contributed by atoms with Crippen LogP contribution in [0.15, 0.2) is 6.20 Å². The van der Waals surface area contributed by atoms with E-state index >= 15 is 0 Å². The van der Waals surface area contributed by atoms with Crippen molar-refractivity contribution in [3.05, 3.63) is 11.5 Å². The summed E-state index contributed by atoms with van der Waals surface area (Å²) in [5, 5.41) is 17.0. The lowest BCUT2D eigenvalue weighted by Crippen LogP contribution is -2.21. The average Bonchev–Trinajstić information content (AvgIpc) is 2.18. The lowest BCUT2D eigenvalue weighted by molar-refractivity contribution is 0.279. The normalized spacial score (nSPS) is 9.82. The van der Waals surface area contributed by atoms with Crippen LogP contribution >= 0.6 is 11.6 Å². The highest BCUT2D eigenvalue weighted by molar-refractivity contribution is 6.33. The van der Waals surface area contributed by atoms with Crippen LogP contribution < -0.4 is 4.65 Å². The molecule has 0 saturated heterocycles. The van der Waals surface area contributed by atoms with Crippen molar-refractivity contribution < 1.29 is 14.7 Å². The fraction of sp³-hybridized carbons (Fsp3) is 0.250. The van der Waals surface area contributed by atoms with Gasteiger partial charge in [0.05, 0.1) is 6.20 Å². The van der Waals surface area contributed by atoms with Crippen molar-refractivity contribution in [1.82, 2.24) is 9.55 Å². The van der Waals surface area contributed by atoms with Gasteiger partial charge in [-0.05, 0) is 11.6 Å². The maximum atomic E-state index is 8.39. The first kappa shape index (κ1) is 8.38. The number of hydrogen-bond donors (Lipinski definition) is 2. The van der Waals surface area contributed by atoms with Gasteiger partial charge in [-0.1, -0.05) is 0 Å². The molecule has 5 nitrogen and oxygen atoms in total. The molecule has 0 aromatic carbocycles. The second-order valence-electron chi connectivity index (χ2n) is 1.87. The van der Waals surface area contributed by atoms with Crippen molar-refractivity contribution in [3.63, 3.8) is 0 Å². The summed E-state index contributed by atoms with van der Waals surface area (Å²) in [6.07, 6.45) is 1.29. The molecule has 11 heavy (non-hydrogen) atoms. The number of halogens is 1. The molecular weight excluding hydrogens is 170 g/mol. The summed E-state index contributed by atoms with van der Waals surface area (Å²) >= 11 is 5.52. The van der Waals surface area contributed by atoms with Crippen LogP contribution in [0.3, 0.4) is 0 Å². The van der Waals surface area contributed by atoms with E-state index < -0.39 is 7.32 Å². The van der Waals surface area contributed by atoms with E-state index in [4.69, 9.17) is 21.6 Å². The quantitative estimate of drug-likeness (QED) is 0.592. The Labute approximate surface area is 68.4 Å². The van der Waals surface area contributed by atoms with Gasteiger partial charge < -0.3 is 14.7 Å². The number of imidazole rings is 1. The van der Waals surface area contributed by atoms with E-state index in [0.717, 1.165) is 0 Å². The van der Waals surface area contributed by atoms with Crippen LogP contribution in [-0.2, 0) is 7.05 Å². The number of hydrogen-bond acceptors (Lipinski definition) is 4. The van der Waals surface area contributed by atoms with Crippen molar-refractivity contribution in [2.75, 3.05) is 0 Å². The summed E-state index contributed by atoms with van der Waals surface area (Å²) in [7, 11) is -0.256. The Morgan fingerprint density at radius 2 is 2.36 bits per heavy atom. The van der Waals surface area contributed by atoms with E-state index in [9.17, 15) is 0 Å². The molecule has 1 heterocycles. The minimum absolute atomic E-state index is 0.199. The number of rotatable bonds is 2. The Morgan fingerprint density at radius 1 is 1.73 bits per heavy atom. The van der Waals surface area contributed by atoms with E-state index in [1.165, 1.54) is 10.8 Å². The molecule has 60 valence electrons. The van der Waals surface area contributed by atoms with Crippen molar-refractivity contribution in [1.29, 1.82) is 0 Å². The first-order valence-electron chi connectivity index (χ1n) is 2.81. The molecule has 0 bridgehead atoms. The lowest BCUT2D eigenvalue weighted by atomic mass is 10.3. The van der Waals surface area contributed by atoms with E-state index in [1.807, 2.05) is 0 Å². The van der Waals surface area contributed by atoms with Gasteiger partial charge in [-0.3, -0.25) is 4.57 Å². The number of aromatic nitrogens is 2. The molecule has 0 aliphatic carbocycles. The van der Waals surface area contributed by atoms with Crippen molar-refractivity contribution >= 4 is 18.9 Å². The minimum Gasteiger partial charge on any atom is -0.498 e. The van der Waals surface area contributed by atoms with Crippen LogP contribution in [0.4, 0.5) is 0 Å². The smallest absolute Gasteiger partial charge is 0.498 e. The molecule has 0 unspecified atom stereocenters. The zero-order valence-electron chi connectivity index (χ0n) is 5.73. The average molecular weight is 176 g/mol. The Kier molecular flexibility index (Phi) is 2.38. The first-order valence-corrected chi connectivity index (χ1v) is 3.19. The topological polar surface area (TPSA) is 67.5 Å². The third kappa shape index (κ3) is 1.86. The van der Waals surface area contributed by atoms with Gasteiger partial charge in [0.1, 0.15) is 0 Å². The molecule has 0 atom stereocenters. The van der Waals surface area contributed by atoms with Gasteiger partial charge in [-0.15, -0.1) is 0 Å². The Balaban J connectivity index is 2.79. The second-order valence-corrected chi connectivity index (χ2v) is 2.21. The maximum absolute atomic E-state index is 8.39. The molecule has 0 amide bonds. The fourth-order valence-corrected chi connectivity index (χ4v) is 0.722. The molecule has 0 aliphatic heterocycles. The van der Waals surface area contributed by atoms with E-state index in [-0.39, 0.29) is 11.2 Å². The Morgan fingerprint density at radius 3 is 2.73 bits per heavy atom. The molecule has 7 heteroatoms. The molecule has 1 aromatic rings. The van der Waals surface area contributed by atoms with E-state index in [2.05, 4.69) is 9.64 Å². The van der Waals surface area contributed by atoms with Crippen LogP contribution in [0.5, 0.6) is 5.88 Å². The van der Waals surface area contributed by atoms with Crippen molar-refractivity contribution in [3.8, 4) is 5.88 Å². The molecule has 0 radical (unpaired) electrons. The third-order valence-electron chi connectivity index (χ3n) is 1.12. The van der Waals surface area contributed by atoms with Gasteiger partial charge >= 0.3 is 7.32 Å². The summed E-state index contributed by atoms with van der Waals surface area (Å²) in [6, 6.07) is 0. The van der Waals surface area contributed by atoms with Crippen molar-refractivity contribution in [2.24, 2.45) is 7.05 Å². The standard InChI is InChI=1S/C4H6BClN2O3/c1-8-3(11-5(9)10)2-7-4(8)6/h2,9-10H,1H3. The molecule has 0 spiro atoms. The van der Waals surface area contributed by atoms with Gasteiger partial charge in [-0.25, -0.2) is 4.98 Å². The Bertz CT molecular complexity index is 251. The van der Waals surface area contributed by atoms with Crippen LogP contribution in [-0.4, -0.2) is 26.9 Å². The van der Waals surface area contributed by atoms with Crippen LogP contribution in [0.2, 0.25) is 5.28 Å². The summed E-state index contributed by atoms with van der Waals surface area (Å²) in [5.74, 6) is 0.199. The molecular formula is C4H6BClN2O3. The van der Waals surface area contributed by atoms with Crippen LogP contribution in [0, 0.1) is 0 Å². The summed E-state index contributed by atoms with van der Waals surface area (Å²) in [4.78, 5) is 3.65. The zero-order valence-corrected chi connectivity index (χ0v) is 6.49. The van der Waals surface area contributed by atoms with Gasteiger partial charge in [0.2, 0.25) is 5.28 Å². The second kappa shape index (κ2) is 3.12. The fourth-order valence-electron chi connectivity index (χ4n) is 0.590. The molecule has 0 fully saturated rings. The summed E-state index contributed by atoms with van der Waals surface area (Å²) < 4.78 is 5.87. The monoisotopic (exact) mass is 176 g/mol. The predicted octanol–water partition coefficient (Wildman–Crippen LogP) is -0.578. The molecule has 0 aliphatic rings. The Hall–Kier alpha value is -0.715. The van der Waals surface area contributed by atoms with Gasteiger partial charge in [0.25, 0.3) is 0 Å². The minimum atomic E-state index is -1.85. The van der Waals surface area contributed by atoms with Gasteiger partial charge in [-0.2, -0.15) is 0 Å². The summed E-state index contributed by atoms with van der Waals surface area (Å²) in [6.45, 7) is 0. The number of nitrogens with zero attached hydrogens (tertiary/aromatic N) is 2. The molecule has 2 N–H and O–H groups in total. The lowest BCUT2D eigenvalue weighted by Gasteiger charge is -2.03. The highest BCUT2D eigenvalue weighted by Gasteiger charge is 2.14. The van der Waals surface area contributed by atoms with Gasteiger partial charge in [0.15, 0.2) is 5.88 Å². The molecule has 1 aromatic heterocycles. The third-order valence-corrected chi connectivity index (χ3v) is 1.47. The van der Waals surface area contributed by atoms with E-state index in [0.29, 0.717) is 0 Å². The molecule has 1 rings (SSSR count). The maximum Gasteiger partial charge on any atom is 0.708 e. The van der Waals surface area contributed by atoms with Crippen LogP contribution in [0.25, 0.3) is 0 Å². The van der Waals surface area contributed by atoms with Gasteiger partial charge in [0, 0.05) is 7.05 Å². The predicted molar refractivity (Wildman–Crippen MR) is 39.0 cm³/mol. The largest absolute Gasteiger partial charge is 0.708 e. The SMILES string of the molecule is Cn1c(OB(O)O)cnc1Cl.